The second-order valence-corrected chi connectivity index (χ2v) is 4.12. The van der Waals surface area contributed by atoms with Gasteiger partial charge in [-0.25, -0.2) is 0 Å². The topological polar surface area (TPSA) is 25.2 Å². The van der Waals surface area contributed by atoms with Gasteiger partial charge in [-0.15, -0.1) is 12.3 Å². The standard InChI is InChI=1S/C11H14BrNO/c1-4-5-8(2)13-9(3)10-6-7-11(12)14-10/h1,6-9,13H,5H2,2-3H3. The molecule has 0 radical (unpaired) electrons. The van der Waals surface area contributed by atoms with E-state index in [0.717, 1.165) is 16.9 Å². The van der Waals surface area contributed by atoms with Crippen LogP contribution in [0, 0.1) is 12.3 Å². The lowest BCUT2D eigenvalue weighted by atomic mass is 10.2. The minimum atomic E-state index is 0.185. The normalized spacial score (nSPS) is 14.7. The molecule has 0 aliphatic carbocycles. The van der Waals surface area contributed by atoms with E-state index >= 15 is 0 Å². The summed E-state index contributed by atoms with van der Waals surface area (Å²) in [5, 5.41) is 3.35. The van der Waals surface area contributed by atoms with E-state index in [1.165, 1.54) is 0 Å². The van der Waals surface area contributed by atoms with Gasteiger partial charge < -0.3 is 9.73 Å². The molecule has 0 saturated carbocycles. The van der Waals surface area contributed by atoms with Gasteiger partial charge in [-0.2, -0.15) is 0 Å². The first-order valence-electron chi connectivity index (χ1n) is 4.58. The smallest absolute Gasteiger partial charge is 0.169 e. The molecule has 0 bridgehead atoms. The van der Waals surface area contributed by atoms with Gasteiger partial charge in [-0.1, -0.05) is 0 Å². The van der Waals surface area contributed by atoms with Crippen molar-refractivity contribution in [3.63, 3.8) is 0 Å². The largest absolute Gasteiger partial charge is 0.453 e. The van der Waals surface area contributed by atoms with Crippen LogP contribution in [0.5, 0.6) is 0 Å². The maximum Gasteiger partial charge on any atom is 0.169 e. The molecule has 76 valence electrons. The van der Waals surface area contributed by atoms with Crippen LogP contribution >= 0.6 is 15.9 Å². The molecular formula is C11H14BrNO. The Balaban J connectivity index is 2.50. The fraction of sp³-hybridized carbons (Fsp3) is 0.455. The van der Waals surface area contributed by atoms with Gasteiger partial charge in [0.25, 0.3) is 0 Å². The molecule has 1 N–H and O–H groups in total. The van der Waals surface area contributed by atoms with Gasteiger partial charge in [-0.3, -0.25) is 0 Å². The van der Waals surface area contributed by atoms with Gasteiger partial charge in [0, 0.05) is 12.5 Å². The molecule has 2 unspecified atom stereocenters. The molecule has 1 aromatic heterocycles. The maximum atomic E-state index is 5.43. The van der Waals surface area contributed by atoms with Crippen LogP contribution in [-0.4, -0.2) is 6.04 Å². The van der Waals surface area contributed by atoms with E-state index in [0.29, 0.717) is 6.04 Å². The number of halogens is 1. The van der Waals surface area contributed by atoms with Crippen LogP contribution in [0.25, 0.3) is 0 Å². The van der Waals surface area contributed by atoms with E-state index in [2.05, 4.69) is 41.0 Å². The third kappa shape index (κ3) is 3.21. The van der Waals surface area contributed by atoms with E-state index in [1.54, 1.807) is 0 Å². The van der Waals surface area contributed by atoms with Crippen LogP contribution in [0.2, 0.25) is 0 Å². The SMILES string of the molecule is C#CCC(C)NC(C)c1ccc(Br)o1. The lowest BCUT2D eigenvalue weighted by Crippen LogP contribution is -2.28. The molecule has 0 fully saturated rings. The molecule has 2 atom stereocenters. The van der Waals surface area contributed by atoms with Crippen LogP contribution in [0.4, 0.5) is 0 Å². The Kier molecular flexibility index (Phi) is 4.24. The molecule has 1 aromatic rings. The minimum Gasteiger partial charge on any atom is -0.453 e. The zero-order chi connectivity index (χ0) is 10.6. The van der Waals surface area contributed by atoms with Gasteiger partial charge in [0.2, 0.25) is 0 Å². The molecule has 3 heteroatoms. The highest BCUT2D eigenvalue weighted by molar-refractivity contribution is 9.10. The predicted octanol–water partition coefficient (Wildman–Crippen LogP) is 3.10. The van der Waals surface area contributed by atoms with Crippen molar-refractivity contribution in [2.24, 2.45) is 0 Å². The number of hydrogen-bond acceptors (Lipinski definition) is 2. The molecule has 0 aliphatic rings. The number of rotatable bonds is 4. The van der Waals surface area contributed by atoms with Crippen LogP contribution in [0.15, 0.2) is 21.2 Å². The van der Waals surface area contributed by atoms with Crippen molar-refractivity contribution < 1.29 is 4.42 Å². The molecule has 1 heterocycles. The van der Waals surface area contributed by atoms with Gasteiger partial charge in [0.05, 0.1) is 6.04 Å². The van der Waals surface area contributed by atoms with Gasteiger partial charge >= 0.3 is 0 Å². The summed E-state index contributed by atoms with van der Waals surface area (Å²) < 4.78 is 6.18. The summed E-state index contributed by atoms with van der Waals surface area (Å²) in [4.78, 5) is 0. The van der Waals surface area contributed by atoms with Crippen LogP contribution in [0.1, 0.15) is 32.1 Å². The first-order chi connectivity index (χ1) is 6.63. The fourth-order valence-corrected chi connectivity index (χ4v) is 1.62. The Morgan fingerprint density at radius 1 is 1.57 bits per heavy atom. The summed E-state index contributed by atoms with van der Waals surface area (Å²) >= 11 is 3.27. The monoisotopic (exact) mass is 255 g/mol. The van der Waals surface area contributed by atoms with Gasteiger partial charge in [0.15, 0.2) is 4.67 Å². The van der Waals surface area contributed by atoms with E-state index < -0.39 is 0 Å². The van der Waals surface area contributed by atoms with E-state index in [1.807, 2.05) is 12.1 Å². The molecule has 0 saturated heterocycles. The third-order valence-electron chi connectivity index (χ3n) is 1.98. The molecule has 1 rings (SSSR count). The first kappa shape index (κ1) is 11.4. The molecule has 0 spiro atoms. The number of nitrogens with one attached hydrogen (secondary N) is 1. The predicted molar refractivity (Wildman–Crippen MR) is 60.9 cm³/mol. The van der Waals surface area contributed by atoms with Crippen molar-refractivity contribution in [2.45, 2.75) is 32.4 Å². The lowest BCUT2D eigenvalue weighted by Gasteiger charge is -2.16. The second-order valence-electron chi connectivity index (χ2n) is 3.34. The van der Waals surface area contributed by atoms with Crippen molar-refractivity contribution in [2.75, 3.05) is 0 Å². The van der Waals surface area contributed by atoms with Crippen LogP contribution < -0.4 is 5.32 Å². The average Bonchev–Trinajstić information content (AvgIpc) is 2.52. The molecule has 2 nitrogen and oxygen atoms in total. The highest BCUT2D eigenvalue weighted by Crippen LogP contribution is 2.20. The molecular weight excluding hydrogens is 242 g/mol. The highest BCUT2D eigenvalue weighted by atomic mass is 79.9. The third-order valence-corrected chi connectivity index (χ3v) is 2.41. The zero-order valence-electron chi connectivity index (χ0n) is 8.38. The molecule has 0 amide bonds. The summed E-state index contributed by atoms with van der Waals surface area (Å²) in [6.45, 7) is 4.12. The maximum absolute atomic E-state index is 5.43. The Labute approximate surface area is 93.2 Å². The summed E-state index contributed by atoms with van der Waals surface area (Å²) in [5.41, 5.74) is 0. The zero-order valence-corrected chi connectivity index (χ0v) is 9.97. The van der Waals surface area contributed by atoms with Gasteiger partial charge in [0.1, 0.15) is 5.76 Å². The Morgan fingerprint density at radius 3 is 2.79 bits per heavy atom. The number of hydrogen-bond donors (Lipinski definition) is 1. The summed E-state index contributed by atoms with van der Waals surface area (Å²) in [6, 6.07) is 4.33. The minimum absolute atomic E-state index is 0.185. The number of furan rings is 1. The Bertz CT molecular complexity index is 326. The Morgan fingerprint density at radius 2 is 2.29 bits per heavy atom. The van der Waals surface area contributed by atoms with Crippen molar-refractivity contribution >= 4 is 15.9 Å². The Hall–Kier alpha value is -0.720. The van der Waals surface area contributed by atoms with Crippen LogP contribution in [0.3, 0.4) is 0 Å². The quantitative estimate of drug-likeness (QED) is 0.837. The average molecular weight is 256 g/mol. The van der Waals surface area contributed by atoms with Crippen molar-refractivity contribution in [3.05, 3.63) is 22.6 Å². The molecule has 0 aromatic carbocycles. The molecule has 14 heavy (non-hydrogen) atoms. The van der Waals surface area contributed by atoms with Crippen molar-refractivity contribution in [1.29, 1.82) is 0 Å². The first-order valence-corrected chi connectivity index (χ1v) is 5.37. The summed E-state index contributed by atoms with van der Waals surface area (Å²) in [7, 11) is 0. The van der Waals surface area contributed by atoms with E-state index in [4.69, 9.17) is 10.8 Å². The lowest BCUT2D eigenvalue weighted by molar-refractivity contribution is 0.392. The molecule has 0 aliphatic heterocycles. The van der Waals surface area contributed by atoms with E-state index in [-0.39, 0.29) is 6.04 Å². The highest BCUT2D eigenvalue weighted by Gasteiger charge is 2.11. The van der Waals surface area contributed by atoms with Crippen LogP contribution in [-0.2, 0) is 0 Å². The number of terminal acetylenes is 1. The van der Waals surface area contributed by atoms with E-state index in [9.17, 15) is 0 Å². The second kappa shape index (κ2) is 5.23. The van der Waals surface area contributed by atoms with Gasteiger partial charge in [-0.05, 0) is 41.9 Å². The summed E-state index contributed by atoms with van der Waals surface area (Å²) in [6.07, 6.45) is 5.96. The fourth-order valence-electron chi connectivity index (χ4n) is 1.31. The summed E-state index contributed by atoms with van der Waals surface area (Å²) in [5.74, 6) is 3.54. The van der Waals surface area contributed by atoms with Crippen molar-refractivity contribution in [1.82, 2.24) is 5.32 Å². The van der Waals surface area contributed by atoms with Crippen molar-refractivity contribution in [3.8, 4) is 12.3 Å².